The zero-order chi connectivity index (χ0) is 20.2. The fourth-order valence-corrected chi connectivity index (χ4v) is 3.95. The summed E-state index contributed by atoms with van der Waals surface area (Å²) in [5.41, 5.74) is 5.05. The molecule has 4 nitrogen and oxygen atoms in total. The summed E-state index contributed by atoms with van der Waals surface area (Å²) in [5.74, 6) is 0. The van der Waals surface area contributed by atoms with E-state index in [-0.39, 0.29) is 0 Å². The maximum absolute atomic E-state index is 4.93. The Hall–Kier alpha value is -3.31. The SMILES string of the molecule is C=C(C)CN=c1scc(-c2cccc3ccccc23)n1N=C(C)c1cccnc1. The van der Waals surface area contributed by atoms with Gasteiger partial charge in [-0.05, 0) is 30.7 Å². The van der Waals surface area contributed by atoms with Gasteiger partial charge in [-0.2, -0.15) is 5.10 Å². The number of fused-ring (bicyclic) bond motifs is 1. The number of hydrogen-bond acceptors (Lipinski definition) is 4. The van der Waals surface area contributed by atoms with E-state index < -0.39 is 0 Å². The van der Waals surface area contributed by atoms with Crippen LogP contribution in [0.2, 0.25) is 0 Å². The van der Waals surface area contributed by atoms with Crippen LogP contribution in [-0.2, 0) is 0 Å². The van der Waals surface area contributed by atoms with Crippen molar-refractivity contribution in [1.29, 1.82) is 0 Å². The van der Waals surface area contributed by atoms with Crippen molar-refractivity contribution in [3.63, 3.8) is 0 Å². The second-order valence-electron chi connectivity index (χ2n) is 6.94. The molecule has 4 aromatic rings. The van der Waals surface area contributed by atoms with Gasteiger partial charge < -0.3 is 0 Å². The normalized spacial score (nSPS) is 12.5. The van der Waals surface area contributed by atoms with Crippen molar-refractivity contribution in [2.75, 3.05) is 6.54 Å². The average molecular weight is 399 g/mol. The van der Waals surface area contributed by atoms with Crippen LogP contribution < -0.4 is 4.80 Å². The van der Waals surface area contributed by atoms with Crippen molar-refractivity contribution >= 4 is 27.8 Å². The first-order valence-corrected chi connectivity index (χ1v) is 10.3. The molecule has 0 aliphatic carbocycles. The van der Waals surface area contributed by atoms with Gasteiger partial charge in [0.05, 0.1) is 18.0 Å². The lowest BCUT2D eigenvalue weighted by atomic mass is 10.0. The Kier molecular flexibility index (Phi) is 5.49. The Bertz CT molecular complexity index is 1260. The number of aromatic nitrogens is 2. The van der Waals surface area contributed by atoms with E-state index in [1.54, 1.807) is 17.5 Å². The summed E-state index contributed by atoms with van der Waals surface area (Å²) >= 11 is 1.59. The van der Waals surface area contributed by atoms with Gasteiger partial charge in [0.1, 0.15) is 0 Å². The van der Waals surface area contributed by atoms with Crippen LogP contribution in [0.25, 0.3) is 22.0 Å². The largest absolute Gasteiger partial charge is 0.264 e. The molecule has 0 amide bonds. The van der Waals surface area contributed by atoms with E-state index in [4.69, 9.17) is 10.1 Å². The van der Waals surface area contributed by atoms with Crippen molar-refractivity contribution in [1.82, 2.24) is 9.66 Å². The molecular formula is C24H22N4S. The molecule has 0 saturated carbocycles. The molecule has 2 aromatic heterocycles. The lowest BCUT2D eigenvalue weighted by Gasteiger charge is -2.09. The first kappa shape index (κ1) is 19.0. The highest BCUT2D eigenvalue weighted by Gasteiger charge is 2.11. The molecule has 0 N–H and O–H groups in total. The minimum Gasteiger partial charge on any atom is -0.264 e. The van der Waals surface area contributed by atoms with Crippen LogP contribution in [0, 0.1) is 0 Å². The smallest absolute Gasteiger partial charge is 0.206 e. The van der Waals surface area contributed by atoms with E-state index in [9.17, 15) is 0 Å². The predicted octanol–water partition coefficient (Wildman–Crippen LogP) is 5.51. The van der Waals surface area contributed by atoms with E-state index >= 15 is 0 Å². The third-order valence-electron chi connectivity index (χ3n) is 4.56. The lowest BCUT2D eigenvalue weighted by molar-refractivity contribution is 0.831. The number of rotatable bonds is 5. The molecule has 0 saturated heterocycles. The van der Waals surface area contributed by atoms with Gasteiger partial charge in [-0.1, -0.05) is 60.7 Å². The van der Waals surface area contributed by atoms with Gasteiger partial charge in [0.2, 0.25) is 4.80 Å². The van der Waals surface area contributed by atoms with E-state index in [1.807, 2.05) is 36.9 Å². The summed E-state index contributed by atoms with van der Waals surface area (Å²) in [7, 11) is 0. The maximum atomic E-state index is 4.93. The van der Waals surface area contributed by atoms with Crippen LogP contribution in [-0.4, -0.2) is 21.9 Å². The Morgan fingerprint density at radius 2 is 1.90 bits per heavy atom. The minimum atomic E-state index is 0.580. The van der Waals surface area contributed by atoms with E-state index in [0.29, 0.717) is 6.54 Å². The topological polar surface area (TPSA) is 42.5 Å². The summed E-state index contributed by atoms with van der Waals surface area (Å²) in [6, 6.07) is 18.7. The van der Waals surface area contributed by atoms with Crippen LogP contribution in [0.4, 0.5) is 0 Å². The van der Waals surface area contributed by atoms with Crippen molar-refractivity contribution in [3.05, 3.63) is 94.9 Å². The lowest BCUT2D eigenvalue weighted by Crippen LogP contribution is -2.15. The molecule has 0 unspecified atom stereocenters. The van der Waals surface area contributed by atoms with Gasteiger partial charge in [0.15, 0.2) is 0 Å². The Morgan fingerprint density at radius 3 is 2.69 bits per heavy atom. The fourth-order valence-electron chi connectivity index (χ4n) is 3.13. The first-order chi connectivity index (χ1) is 14.1. The van der Waals surface area contributed by atoms with Crippen LogP contribution in [0.3, 0.4) is 0 Å². The second-order valence-corrected chi connectivity index (χ2v) is 7.78. The highest BCUT2D eigenvalue weighted by Crippen LogP contribution is 2.29. The maximum Gasteiger partial charge on any atom is 0.206 e. The Balaban J connectivity index is 1.93. The Labute approximate surface area is 174 Å². The highest BCUT2D eigenvalue weighted by atomic mass is 32.1. The summed E-state index contributed by atoms with van der Waals surface area (Å²) in [6.45, 7) is 8.53. The summed E-state index contributed by atoms with van der Waals surface area (Å²) in [5, 5.41) is 9.46. The van der Waals surface area contributed by atoms with Gasteiger partial charge in [-0.15, -0.1) is 11.3 Å². The van der Waals surface area contributed by atoms with Gasteiger partial charge in [-0.25, -0.2) is 4.68 Å². The van der Waals surface area contributed by atoms with E-state index in [1.165, 1.54) is 10.8 Å². The number of thiazole rings is 1. The molecule has 0 atom stereocenters. The molecule has 2 aromatic carbocycles. The number of nitrogens with zero attached hydrogens (tertiary/aromatic N) is 4. The molecule has 144 valence electrons. The molecule has 2 heterocycles. The average Bonchev–Trinajstić information content (AvgIpc) is 3.14. The number of benzene rings is 2. The highest BCUT2D eigenvalue weighted by molar-refractivity contribution is 7.07. The molecule has 29 heavy (non-hydrogen) atoms. The minimum absolute atomic E-state index is 0.580. The van der Waals surface area contributed by atoms with E-state index in [2.05, 4.69) is 59.4 Å². The quantitative estimate of drug-likeness (QED) is 0.323. The second kappa shape index (κ2) is 8.37. The number of pyridine rings is 1. The van der Waals surface area contributed by atoms with Crippen LogP contribution in [0.15, 0.2) is 94.6 Å². The molecule has 0 fully saturated rings. The van der Waals surface area contributed by atoms with Gasteiger partial charge >= 0.3 is 0 Å². The Morgan fingerprint density at radius 1 is 1.07 bits per heavy atom. The molecule has 5 heteroatoms. The summed E-state index contributed by atoms with van der Waals surface area (Å²) in [4.78, 5) is 9.80. The van der Waals surface area contributed by atoms with Gasteiger partial charge in [0, 0.05) is 28.9 Å². The van der Waals surface area contributed by atoms with E-state index in [0.717, 1.165) is 32.9 Å². The third kappa shape index (κ3) is 4.10. The molecule has 4 rings (SSSR count). The van der Waals surface area contributed by atoms with Crippen LogP contribution in [0.5, 0.6) is 0 Å². The standard InChI is InChI=1S/C24H22N4S/c1-17(2)14-26-24-28(27-18(3)20-10-7-13-25-15-20)23(16-29-24)22-12-6-9-19-8-4-5-11-21(19)22/h4-13,15-16H,1,14H2,2-3H3. The monoisotopic (exact) mass is 398 g/mol. The molecule has 0 radical (unpaired) electrons. The van der Waals surface area contributed by atoms with Crippen LogP contribution >= 0.6 is 11.3 Å². The van der Waals surface area contributed by atoms with Crippen molar-refractivity contribution in [2.24, 2.45) is 10.1 Å². The fraction of sp³-hybridized carbons (Fsp3) is 0.125. The molecule has 0 bridgehead atoms. The first-order valence-electron chi connectivity index (χ1n) is 9.43. The molecular weight excluding hydrogens is 376 g/mol. The van der Waals surface area contributed by atoms with Crippen LogP contribution in [0.1, 0.15) is 19.4 Å². The zero-order valence-electron chi connectivity index (χ0n) is 16.5. The summed E-state index contributed by atoms with van der Waals surface area (Å²) in [6.07, 6.45) is 3.59. The molecule has 0 aliphatic heterocycles. The van der Waals surface area contributed by atoms with Crippen molar-refractivity contribution < 1.29 is 0 Å². The predicted molar refractivity (Wildman–Crippen MR) is 122 cm³/mol. The van der Waals surface area contributed by atoms with Crippen molar-refractivity contribution in [3.8, 4) is 11.3 Å². The van der Waals surface area contributed by atoms with Gasteiger partial charge in [0.25, 0.3) is 0 Å². The molecule has 0 spiro atoms. The molecule has 0 aliphatic rings. The van der Waals surface area contributed by atoms with Gasteiger partial charge in [-0.3, -0.25) is 9.98 Å². The van der Waals surface area contributed by atoms with Crippen molar-refractivity contribution in [2.45, 2.75) is 13.8 Å². The zero-order valence-corrected chi connectivity index (χ0v) is 17.4. The number of hydrogen-bond donors (Lipinski definition) is 0. The summed E-state index contributed by atoms with van der Waals surface area (Å²) < 4.78 is 1.94. The third-order valence-corrected chi connectivity index (χ3v) is 5.42.